The van der Waals surface area contributed by atoms with Gasteiger partial charge in [-0.3, -0.25) is 4.79 Å². The number of piperidine rings is 1. The average molecular weight is 368 g/mol. The molecular weight excluding hydrogens is 336 g/mol. The van der Waals surface area contributed by atoms with Crippen LogP contribution in [-0.4, -0.2) is 79.5 Å². The summed E-state index contributed by atoms with van der Waals surface area (Å²) in [6, 6.07) is 0. The molecule has 0 aliphatic carbocycles. The molecule has 7 nitrogen and oxygen atoms in total. The summed E-state index contributed by atoms with van der Waals surface area (Å²) in [5.41, 5.74) is -0.413. The van der Waals surface area contributed by atoms with Crippen molar-refractivity contribution in [3.05, 3.63) is 0 Å². The first kappa shape index (κ1) is 19.4. The highest BCUT2D eigenvalue weighted by Gasteiger charge is 2.47. The van der Waals surface area contributed by atoms with Gasteiger partial charge in [0.1, 0.15) is 12.2 Å². The second kappa shape index (κ2) is 8.57. The van der Waals surface area contributed by atoms with Crippen LogP contribution in [0.1, 0.15) is 46.0 Å². The lowest BCUT2D eigenvalue weighted by Crippen LogP contribution is -2.49. The van der Waals surface area contributed by atoms with Crippen LogP contribution < -0.4 is 0 Å². The molecule has 2 amide bonds. The molecule has 26 heavy (non-hydrogen) atoms. The van der Waals surface area contributed by atoms with Crippen molar-refractivity contribution in [2.75, 3.05) is 46.0 Å². The molecule has 0 aromatic rings. The van der Waals surface area contributed by atoms with Crippen LogP contribution in [-0.2, 0) is 19.0 Å². The summed E-state index contributed by atoms with van der Waals surface area (Å²) in [4.78, 5) is 28.1. The van der Waals surface area contributed by atoms with E-state index in [0.717, 1.165) is 32.4 Å². The first-order valence-corrected chi connectivity index (χ1v) is 9.92. The highest BCUT2D eigenvalue weighted by molar-refractivity contribution is 5.77. The molecule has 0 aromatic heterocycles. The molecule has 3 fully saturated rings. The lowest BCUT2D eigenvalue weighted by Gasteiger charge is -2.37. The Balaban J connectivity index is 1.39. The van der Waals surface area contributed by atoms with Crippen molar-refractivity contribution in [3.63, 3.8) is 0 Å². The maximum absolute atomic E-state index is 12.3. The van der Waals surface area contributed by atoms with Crippen molar-refractivity contribution in [1.29, 1.82) is 0 Å². The highest BCUT2D eigenvalue weighted by Crippen LogP contribution is 2.33. The highest BCUT2D eigenvalue weighted by atomic mass is 16.6. The minimum Gasteiger partial charge on any atom is -0.441 e. The molecule has 3 heterocycles. The van der Waals surface area contributed by atoms with E-state index in [-0.39, 0.29) is 24.7 Å². The van der Waals surface area contributed by atoms with Gasteiger partial charge in [-0.15, -0.1) is 0 Å². The Kier molecular flexibility index (Phi) is 6.40. The van der Waals surface area contributed by atoms with Crippen LogP contribution in [0.2, 0.25) is 0 Å². The van der Waals surface area contributed by atoms with Gasteiger partial charge in [0.25, 0.3) is 0 Å². The molecule has 7 heteroatoms. The zero-order valence-corrected chi connectivity index (χ0v) is 16.1. The molecule has 148 valence electrons. The summed E-state index contributed by atoms with van der Waals surface area (Å²) in [6.07, 6.45) is 4.41. The van der Waals surface area contributed by atoms with Gasteiger partial charge in [-0.1, -0.05) is 13.8 Å². The minimum atomic E-state index is -0.413. The van der Waals surface area contributed by atoms with E-state index in [9.17, 15) is 9.59 Å². The van der Waals surface area contributed by atoms with Crippen LogP contribution >= 0.6 is 0 Å². The lowest BCUT2D eigenvalue weighted by atomic mass is 9.91. The third-order valence-electron chi connectivity index (χ3n) is 5.60. The fourth-order valence-electron chi connectivity index (χ4n) is 3.85. The van der Waals surface area contributed by atoms with Gasteiger partial charge in [-0.05, 0) is 25.2 Å². The zero-order valence-electron chi connectivity index (χ0n) is 16.1. The molecule has 3 rings (SSSR count). The number of carbonyl (C=O) groups excluding carboxylic acids is 2. The zero-order chi connectivity index (χ0) is 18.6. The predicted molar refractivity (Wildman–Crippen MR) is 95.8 cm³/mol. The maximum Gasteiger partial charge on any atom is 0.410 e. The van der Waals surface area contributed by atoms with E-state index in [1.165, 1.54) is 0 Å². The van der Waals surface area contributed by atoms with Gasteiger partial charge < -0.3 is 24.0 Å². The van der Waals surface area contributed by atoms with Crippen LogP contribution in [0.25, 0.3) is 0 Å². The largest absolute Gasteiger partial charge is 0.441 e. The number of nitrogens with zero attached hydrogens (tertiary/aromatic N) is 2. The third-order valence-corrected chi connectivity index (χ3v) is 5.60. The van der Waals surface area contributed by atoms with E-state index in [2.05, 4.69) is 13.8 Å². The topological polar surface area (TPSA) is 68.3 Å². The predicted octanol–water partition coefficient (Wildman–Crippen LogP) is 2.04. The quantitative estimate of drug-likeness (QED) is 0.688. The van der Waals surface area contributed by atoms with Crippen LogP contribution in [0.5, 0.6) is 0 Å². The Labute approximate surface area is 155 Å². The van der Waals surface area contributed by atoms with E-state index in [4.69, 9.17) is 14.2 Å². The van der Waals surface area contributed by atoms with Crippen LogP contribution in [0.4, 0.5) is 4.79 Å². The van der Waals surface area contributed by atoms with Gasteiger partial charge in [0.15, 0.2) is 0 Å². The molecule has 1 atom stereocenters. The number of rotatable bonds is 7. The standard InChI is InChI=1S/C19H32N2O5/c1-15(2)5-8-21-14-19(26-18(21)23)6-9-20(10-7-19)17(22)13-24-12-16-4-3-11-25-16/h15-16H,3-14H2,1-2H3/t16-/m1/s1. The molecule has 3 aliphatic heterocycles. The van der Waals surface area contributed by atoms with Gasteiger partial charge >= 0.3 is 6.09 Å². The molecule has 0 bridgehead atoms. The number of likely N-dealkylation sites (tertiary alicyclic amines) is 1. The molecule has 0 aromatic carbocycles. The van der Waals surface area contributed by atoms with Gasteiger partial charge in [0, 0.05) is 39.1 Å². The average Bonchev–Trinajstić information content (AvgIpc) is 3.22. The fourth-order valence-corrected chi connectivity index (χ4v) is 3.85. The molecule has 3 aliphatic rings. The summed E-state index contributed by atoms with van der Waals surface area (Å²) < 4.78 is 16.7. The monoisotopic (exact) mass is 368 g/mol. The molecular formula is C19H32N2O5. The molecule has 0 radical (unpaired) electrons. The van der Waals surface area contributed by atoms with E-state index in [0.29, 0.717) is 45.0 Å². The normalized spacial score (nSPS) is 25.3. The Bertz CT molecular complexity index is 496. The summed E-state index contributed by atoms with van der Waals surface area (Å²) in [5.74, 6) is 0.576. The van der Waals surface area contributed by atoms with Crippen LogP contribution in [0, 0.1) is 5.92 Å². The van der Waals surface area contributed by atoms with E-state index in [1.807, 2.05) is 9.80 Å². The van der Waals surface area contributed by atoms with Crippen molar-refractivity contribution in [1.82, 2.24) is 9.80 Å². The lowest BCUT2D eigenvalue weighted by molar-refractivity contribution is -0.140. The summed E-state index contributed by atoms with van der Waals surface area (Å²) in [7, 11) is 0. The number of hydrogen-bond acceptors (Lipinski definition) is 5. The molecule has 1 spiro atoms. The number of carbonyl (C=O) groups is 2. The van der Waals surface area contributed by atoms with Crippen molar-refractivity contribution >= 4 is 12.0 Å². The second-order valence-electron chi connectivity index (χ2n) is 8.19. The maximum atomic E-state index is 12.3. The van der Waals surface area contributed by atoms with Crippen LogP contribution in [0.3, 0.4) is 0 Å². The number of amides is 2. The Morgan fingerprint density at radius 3 is 2.77 bits per heavy atom. The van der Waals surface area contributed by atoms with E-state index >= 15 is 0 Å². The Hall–Kier alpha value is -1.34. The first-order chi connectivity index (χ1) is 12.5. The molecule has 0 N–H and O–H groups in total. The second-order valence-corrected chi connectivity index (χ2v) is 8.19. The smallest absolute Gasteiger partial charge is 0.410 e. The van der Waals surface area contributed by atoms with Gasteiger partial charge in [0.2, 0.25) is 5.91 Å². The van der Waals surface area contributed by atoms with Gasteiger partial charge in [-0.2, -0.15) is 0 Å². The fraction of sp³-hybridized carbons (Fsp3) is 0.895. The summed E-state index contributed by atoms with van der Waals surface area (Å²) in [6.45, 7) is 8.33. The van der Waals surface area contributed by atoms with E-state index in [1.54, 1.807) is 0 Å². The van der Waals surface area contributed by atoms with Gasteiger partial charge in [-0.25, -0.2) is 4.79 Å². The van der Waals surface area contributed by atoms with Crippen molar-refractivity contribution in [2.45, 2.75) is 57.7 Å². The summed E-state index contributed by atoms with van der Waals surface area (Å²) >= 11 is 0. The number of hydrogen-bond donors (Lipinski definition) is 0. The number of ether oxygens (including phenoxy) is 3. The van der Waals surface area contributed by atoms with Crippen molar-refractivity contribution in [2.24, 2.45) is 5.92 Å². The van der Waals surface area contributed by atoms with Crippen molar-refractivity contribution < 1.29 is 23.8 Å². The summed E-state index contributed by atoms with van der Waals surface area (Å²) in [5, 5.41) is 0. The third kappa shape index (κ3) is 4.88. The SMILES string of the molecule is CC(C)CCN1CC2(CCN(C(=O)COC[C@H]3CCCO3)CC2)OC1=O. The first-order valence-electron chi connectivity index (χ1n) is 9.92. The minimum absolute atomic E-state index is 0.0128. The van der Waals surface area contributed by atoms with Crippen molar-refractivity contribution in [3.8, 4) is 0 Å². The Morgan fingerprint density at radius 2 is 2.12 bits per heavy atom. The Morgan fingerprint density at radius 1 is 1.35 bits per heavy atom. The van der Waals surface area contributed by atoms with Gasteiger partial charge in [0.05, 0.1) is 19.3 Å². The van der Waals surface area contributed by atoms with Crippen LogP contribution in [0.15, 0.2) is 0 Å². The molecule has 0 saturated carbocycles. The molecule has 0 unspecified atom stereocenters. The van der Waals surface area contributed by atoms with E-state index < -0.39 is 5.60 Å². The molecule has 3 saturated heterocycles.